The van der Waals surface area contributed by atoms with Gasteiger partial charge < -0.3 is 5.32 Å². The second kappa shape index (κ2) is 4.65. The molecule has 0 rings (SSSR count). The van der Waals surface area contributed by atoms with Crippen molar-refractivity contribution in [3.8, 4) is 0 Å². The van der Waals surface area contributed by atoms with Crippen LogP contribution in [0.5, 0.6) is 0 Å². The van der Waals surface area contributed by atoms with Gasteiger partial charge in [0.15, 0.2) is 9.84 Å². The van der Waals surface area contributed by atoms with Gasteiger partial charge in [0.1, 0.15) is 5.75 Å². The second-order valence-electron chi connectivity index (χ2n) is 2.32. The van der Waals surface area contributed by atoms with Gasteiger partial charge in [-0.05, 0) is 0 Å². The van der Waals surface area contributed by atoms with E-state index in [9.17, 15) is 18.0 Å². The Morgan fingerprint density at radius 1 is 1.23 bits per heavy atom. The molecule has 0 aromatic rings. The van der Waals surface area contributed by atoms with Crippen LogP contribution in [0.2, 0.25) is 0 Å². The van der Waals surface area contributed by atoms with Crippen LogP contribution in [0.1, 0.15) is 0 Å². The summed E-state index contributed by atoms with van der Waals surface area (Å²) in [6, 6.07) is -0.623. The average molecular weight is 209 g/mol. The van der Waals surface area contributed by atoms with E-state index in [1.165, 1.54) is 7.05 Å². The number of carbonyl (C=O) groups excluding carboxylic acids is 2. The van der Waals surface area contributed by atoms with Crippen LogP contribution in [-0.4, -0.2) is 39.4 Å². The zero-order valence-corrected chi connectivity index (χ0v) is 8.06. The van der Waals surface area contributed by atoms with Crippen molar-refractivity contribution in [3.63, 3.8) is 0 Å². The van der Waals surface area contributed by atoms with E-state index in [2.05, 4.69) is 5.32 Å². The van der Waals surface area contributed by atoms with Crippen LogP contribution in [0.4, 0.5) is 4.79 Å². The topological polar surface area (TPSA) is 104 Å². The summed E-state index contributed by atoms with van der Waals surface area (Å²) in [5, 5.41) is 2.17. The number of rotatable bonds is 2. The third-order valence-electron chi connectivity index (χ3n) is 0.936. The lowest BCUT2D eigenvalue weighted by Gasteiger charge is -2.04. The zero-order chi connectivity index (χ0) is 10.5. The molecule has 7 nitrogen and oxygen atoms in total. The first-order valence-electron chi connectivity index (χ1n) is 3.29. The predicted molar refractivity (Wildman–Crippen MR) is 45.4 cm³/mol. The summed E-state index contributed by atoms with van der Waals surface area (Å²) in [7, 11) is -2.00. The summed E-state index contributed by atoms with van der Waals surface area (Å²) in [5.74, 6) is -1.44. The van der Waals surface area contributed by atoms with Crippen molar-refractivity contribution in [2.45, 2.75) is 0 Å². The van der Waals surface area contributed by atoms with E-state index in [1.54, 1.807) is 0 Å². The first-order valence-corrected chi connectivity index (χ1v) is 5.35. The summed E-state index contributed by atoms with van der Waals surface area (Å²) in [5.41, 5.74) is 3.85. The van der Waals surface area contributed by atoms with E-state index in [4.69, 9.17) is 0 Å². The molecule has 0 aromatic heterocycles. The normalized spacial score (nSPS) is 10.3. The summed E-state index contributed by atoms with van der Waals surface area (Å²) in [6.07, 6.45) is 0.923. The smallest absolute Gasteiger partial charge is 0.333 e. The fraction of sp³-hybridized carbons (Fsp3) is 0.600. The third kappa shape index (κ3) is 7.06. The Hall–Kier alpha value is -1.31. The van der Waals surface area contributed by atoms with Crippen LogP contribution < -0.4 is 16.2 Å². The fourth-order valence-corrected chi connectivity index (χ4v) is 1.01. The van der Waals surface area contributed by atoms with Crippen LogP contribution >= 0.6 is 0 Å². The number of hydrogen-bond acceptors (Lipinski definition) is 4. The van der Waals surface area contributed by atoms with E-state index in [0.717, 1.165) is 6.26 Å². The van der Waals surface area contributed by atoms with Crippen molar-refractivity contribution >= 4 is 21.8 Å². The standard InChI is InChI=1S/C5H11N3O4S/c1-6-5(10)8-7-4(9)3-13(2,11)12/h3H2,1-2H3,(H,7,9)(H2,6,8,10). The Bertz CT molecular complexity index is 297. The minimum Gasteiger partial charge on any atom is -0.340 e. The molecule has 76 valence electrons. The molecule has 0 unspecified atom stereocenters. The maximum Gasteiger partial charge on any atom is 0.333 e. The lowest BCUT2D eigenvalue weighted by molar-refractivity contribution is -0.119. The van der Waals surface area contributed by atoms with Crippen LogP contribution in [-0.2, 0) is 14.6 Å². The van der Waals surface area contributed by atoms with Crippen LogP contribution in [0, 0.1) is 0 Å². The Morgan fingerprint density at radius 3 is 2.15 bits per heavy atom. The second-order valence-corrected chi connectivity index (χ2v) is 4.46. The molecule has 0 spiro atoms. The summed E-state index contributed by atoms with van der Waals surface area (Å²) >= 11 is 0. The number of hydrazine groups is 1. The van der Waals surface area contributed by atoms with E-state index < -0.39 is 27.5 Å². The van der Waals surface area contributed by atoms with Crippen LogP contribution in [0.3, 0.4) is 0 Å². The minimum atomic E-state index is -3.36. The summed E-state index contributed by atoms with van der Waals surface area (Å²) in [4.78, 5) is 21.2. The average Bonchev–Trinajstić information content (AvgIpc) is 1.97. The van der Waals surface area contributed by atoms with Gasteiger partial charge in [-0.2, -0.15) is 0 Å². The van der Waals surface area contributed by atoms with Crippen molar-refractivity contribution in [2.75, 3.05) is 19.1 Å². The lowest BCUT2D eigenvalue weighted by atomic mass is 10.7. The molecule has 0 heterocycles. The largest absolute Gasteiger partial charge is 0.340 e. The van der Waals surface area contributed by atoms with Gasteiger partial charge in [-0.3, -0.25) is 10.2 Å². The molecule has 3 N–H and O–H groups in total. The molecule has 0 saturated carbocycles. The number of sulfone groups is 1. The van der Waals surface area contributed by atoms with Crippen molar-refractivity contribution in [2.24, 2.45) is 0 Å². The first-order chi connectivity index (χ1) is 5.85. The molecule has 0 aromatic carbocycles. The molecule has 0 bridgehead atoms. The quantitative estimate of drug-likeness (QED) is 0.457. The number of urea groups is 1. The van der Waals surface area contributed by atoms with Crippen molar-refractivity contribution in [3.05, 3.63) is 0 Å². The summed E-state index contributed by atoms with van der Waals surface area (Å²) < 4.78 is 21.1. The fourth-order valence-electron chi connectivity index (χ4n) is 0.463. The highest BCUT2D eigenvalue weighted by molar-refractivity contribution is 7.91. The monoisotopic (exact) mass is 209 g/mol. The Morgan fingerprint density at radius 2 is 1.77 bits per heavy atom. The van der Waals surface area contributed by atoms with Crippen molar-refractivity contribution in [1.29, 1.82) is 0 Å². The van der Waals surface area contributed by atoms with E-state index >= 15 is 0 Å². The Balaban J connectivity index is 3.84. The number of amides is 3. The highest BCUT2D eigenvalue weighted by Crippen LogP contribution is 1.80. The van der Waals surface area contributed by atoms with Crippen LogP contribution in [0.25, 0.3) is 0 Å². The molecule has 0 aliphatic carbocycles. The van der Waals surface area contributed by atoms with Gasteiger partial charge in [0.2, 0.25) is 0 Å². The molecule has 0 radical (unpaired) electrons. The van der Waals surface area contributed by atoms with Crippen LogP contribution in [0.15, 0.2) is 0 Å². The third-order valence-corrected chi connectivity index (χ3v) is 1.72. The number of carbonyl (C=O) groups is 2. The molecule has 13 heavy (non-hydrogen) atoms. The number of hydrogen-bond donors (Lipinski definition) is 3. The SMILES string of the molecule is CNC(=O)NNC(=O)CS(C)(=O)=O. The number of nitrogens with one attached hydrogen (secondary N) is 3. The van der Waals surface area contributed by atoms with Gasteiger partial charge in [0, 0.05) is 13.3 Å². The zero-order valence-electron chi connectivity index (χ0n) is 7.25. The maximum absolute atomic E-state index is 10.7. The maximum atomic E-state index is 10.7. The van der Waals surface area contributed by atoms with Gasteiger partial charge >= 0.3 is 6.03 Å². The predicted octanol–water partition coefficient (Wildman–Crippen LogP) is -2.01. The van der Waals surface area contributed by atoms with Gasteiger partial charge in [-0.1, -0.05) is 0 Å². The Labute approximate surface area is 75.8 Å². The molecule has 0 aliphatic heterocycles. The van der Waals surface area contributed by atoms with Gasteiger partial charge in [-0.15, -0.1) is 0 Å². The van der Waals surface area contributed by atoms with E-state index in [-0.39, 0.29) is 0 Å². The molecule has 8 heteroatoms. The Kier molecular flexibility index (Phi) is 4.18. The molecule has 0 saturated heterocycles. The first kappa shape index (κ1) is 11.7. The van der Waals surface area contributed by atoms with Gasteiger partial charge in [0.25, 0.3) is 5.91 Å². The highest BCUT2D eigenvalue weighted by Gasteiger charge is 2.10. The lowest BCUT2D eigenvalue weighted by Crippen LogP contribution is -2.47. The molecule has 0 aliphatic rings. The molecule has 0 fully saturated rings. The highest BCUT2D eigenvalue weighted by atomic mass is 32.2. The molecule has 0 atom stereocenters. The van der Waals surface area contributed by atoms with Crippen molar-refractivity contribution in [1.82, 2.24) is 16.2 Å². The van der Waals surface area contributed by atoms with Gasteiger partial charge in [-0.25, -0.2) is 18.6 Å². The summed E-state index contributed by atoms with van der Waals surface area (Å²) in [6.45, 7) is 0. The van der Waals surface area contributed by atoms with Gasteiger partial charge in [0.05, 0.1) is 0 Å². The van der Waals surface area contributed by atoms with E-state index in [1.807, 2.05) is 10.9 Å². The molecular formula is C5H11N3O4S. The van der Waals surface area contributed by atoms with Crippen molar-refractivity contribution < 1.29 is 18.0 Å². The molecule has 3 amide bonds. The minimum absolute atomic E-state index is 0.623. The van der Waals surface area contributed by atoms with E-state index in [0.29, 0.717) is 0 Å². The molecular weight excluding hydrogens is 198 g/mol.